The van der Waals surface area contributed by atoms with Gasteiger partial charge in [0.2, 0.25) is 5.88 Å². The monoisotopic (exact) mass is 647 g/mol. The fourth-order valence-corrected chi connectivity index (χ4v) is 6.25. The standard InChI is InChI=1S/C43H45N5O/c1-41(2,3)28-19-20-44-39(24-28)48-37-15-11-10-13-32(37)33-18-17-31(25-38(33)48)49-40-16-12-14-34(45-40)36-26-35(46-47-36)27-21-29(42(4,5)6)23-30(22-27)43(7,8)9/h10-26H,1-9H3,(H,46,47). The predicted molar refractivity (Wildman–Crippen MR) is 202 cm³/mol. The number of aromatic nitrogens is 5. The molecule has 0 bridgehead atoms. The summed E-state index contributed by atoms with van der Waals surface area (Å²) in [4.78, 5) is 9.70. The fourth-order valence-electron chi connectivity index (χ4n) is 6.25. The van der Waals surface area contributed by atoms with Gasteiger partial charge < -0.3 is 4.74 Å². The number of ether oxygens (including phenoxy) is 1. The molecule has 7 rings (SSSR count). The molecule has 0 aliphatic heterocycles. The molecule has 248 valence electrons. The normalized spacial score (nSPS) is 12.6. The fraction of sp³-hybridized carbons (Fsp3) is 0.279. The number of aromatic amines is 1. The van der Waals surface area contributed by atoms with Gasteiger partial charge in [-0.15, -0.1) is 0 Å². The van der Waals surface area contributed by atoms with Crippen LogP contribution in [0.4, 0.5) is 0 Å². The Balaban J connectivity index is 1.23. The zero-order valence-corrected chi connectivity index (χ0v) is 30.0. The molecule has 0 amide bonds. The van der Waals surface area contributed by atoms with Crippen molar-refractivity contribution in [1.82, 2.24) is 24.7 Å². The van der Waals surface area contributed by atoms with Crippen LogP contribution in [0.2, 0.25) is 0 Å². The number of rotatable bonds is 5. The molecule has 0 atom stereocenters. The quantitative estimate of drug-likeness (QED) is 0.202. The molecule has 0 saturated heterocycles. The van der Waals surface area contributed by atoms with Crippen molar-refractivity contribution in [3.05, 3.63) is 120 Å². The third-order valence-electron chi connectivity index (χ3n) is 9.25. The molecule has 0 spiro atoms. The molecule has 4 heterocycles. The molecule has 0 unspecified atom stereocenters. The van der Waals surface area contributed by atoms with E-state index in [4.69, 9.17) is 19.8 Å². The lowest BCUT2D eigenvalue weighted by Gasteiger charge is -2.26. The first-order valence-corrected chi connectivity index (χ1v) is 17.0. The highest BCUT2D eigenvalue weighted by Crippen LogP contribution is 2.37. The van der Waals surface area contributed by atoms with E-state index in [1.165, 1.54) is 22.1 Å². The summed E-state index contributed by atoms with van der Waals surface area (Å²) in [5.74, 6) is 2.09. The number of fused-ring (bicyclic) bond motifs is 3. The summed E-state index contributed by atoms with van der Waals surface area (Å²) in [6, 6.07) is 33.7. The van der Waals surface area contributed by atoms with Crippen LogP contribution in [-0.4, -0.2) is 24.7 Å². The molecule has 6 nitrogen and oxygen atoms in total. The van der Waals surface area contributed by atoms with Crippen molar-refractivity contribution in [3.8, 4) is 40.1 Å². The molecule has 0 saturated carbocycles. The zero-order chi connectivity index (χ0) is 34.7. The average Bonchev–Trinajstić information content (AvgIpc) is 3.67. The van der Waals surface area contributed by atoms with Crippen LogP contribution < -0.4 is 4.74 Å². The van der Waals surface area contributed by atoms with Gasteiger partial charge in [-0.25, -0.2) is 9.97 Å². The molecular formula is C43H45N5O. The Kier molecular flexibility index (Phi) is 7.74. The van der Waals surface area contributed by atoms with E-state index in [0.717, 1.165) is 44.9 Å². The summed E-state index contributed by atoms with van der Waals surface area (Å²) < 4.78 is 8.66. The van der Waals surface area contributed by atoms with Crippen LogP contribution in [0.5, 0.6) is 11.6 Å². The van der Waals surface area contributed by atoms with Crippen molar-refractivity contribution in [2.24, 2.45) is 0 Å². The van der Waals surface area contributed by atoms with E-state index in [-0.39, 0.29) is 16.2 Å². The minimum atomic E-state index is 0.00264. The van der Waals surface area contributed by atoms with Crippen LogP contribution in [0.1, 0.15) is 79.0 Å². The molecule has 7 aromatic rings. The molecule has 0 fully saturated rings. The topological polar surface area (TPSA) is 68.6 Å². The molecule has 4 aromatic heterocycles. The molecule has 49 heavy (non-hydrogen) atoms. The molecular weight excluding hydrogens is 603 g/mol. The number of nitrogens with one attached hydrogen (secondary N) is 1. The van der Waals surface area contributed by atoms with E-state index >= 15 is 0 Å². The van der Waals surface area contributed by atoms with Crippen LogP contribution in [0.25, 0.3) is 50.3 Å². The highest BCUT2D eigenvalue weighted by atomic mass is 16.5. The maximum absolute atomic E-state index is 6.43. The SMILES string of the molecule is CC(C)(C)c1cc(-c2cc(-c3cccc(Oc4ccc5c6ccccc6n(-c6cc(C(C)(C)C)ccn6)c5c4)n3)[nH]n2)cc(C(C)(C)C)c1. The van der Waals surface area contributed by atoms with Gasteiger partial charge in [-0.3, -0.25) is 9.67 Å². The third kappa shape index (κ3) is 6.35. The Morgan fingerprint density at radius 1 is 0.592 bits per heavy atom. The van der Waals surface area contributed by atoms with E-state index < -0.39 is 0 Å². The van der Waals surface area contributed by atoms with Crippen molar-refractivity contribution in [1.29, 1.82) is 0 Å². The van der Waals surface area contributed by atoms with Gasteiger partial charge in [-0.1, -0.05) is 92.6 Å². The molecule has 3 aromatic carbocycles. The van der Waals surface area contributed by atoms with Crippen LogP contribution in [0.15, 0.2) is 103 Å². The summed E-state index contributed by atoms with van der Waals surface area (Å²) in [6.45, 7) is 20.2. The molecule has 0 aliphatic carbocycles. The summed E-state index contributed by atoms with van der Waals surface area (Å²) in [5.41, 5.74) is 9.57. The average molecular weight is 648 g/mol. The molecule has 6 heteroatoms. The highest BCUT2D eigenvalue weighted by Gasteiger charge is 2.22. The van der Waals surface area contributed by atoms with E-state index in [1.807, 2.05) is 30.5 Å². The first-order valence-electron chi connectivity index (χ1n) is 17.0. The Labute approximate surface area is 289 Å². The van der Waals surface area contributed by atoms with Gasteiger partial charge >= 0.3 is 0 Å². The number of H-pyrrole nitrogens is 1. The first-order chi connectivity index (χ1) is 23.1. The molecule has 0 radical (unpaired) electrons. The maximum Gasteiger partial charge on any atom is 0.219 e. The summed E-state index contributed by atoms with van der Waals surface area (Å²) in [5, 5.41) is 10.3. The second kappa shape index (κ2) is 11.7. The molecule has 1 N–H and O–H groups in total. The Bertz CT molecular complexity index is 2290. The lowest BCUT2D eigenvalue weighted by atomic mass is 9.79. The Morgan fingerprint density at radius 3 is 2.00 bits per heavy atom. The van der Waals surface area contributed by atoms with E-state index in [0.29, 0.717) is 11.6 Å². The van der Waals surface area contributed by atoms with Gasteiger partial charge in [0.1, 0.15) is 11.6 Å². The zero-order valence-electron chi connectivity index (χ0n) is 30.0. The van der Waals surface area contributed by atoms with Gasteiger partial charge in [0, 0.05) is 34.7 Å². The summed E-state index contributed by atoms with van der Waals surface area (Å²) in [7, 11) is 0. The van der Waals surface area contributed by atoms with Crippen LogP contribution >= 0.6 is 0 Å². The van der Waals surface area contributed by atoms with E-state index in [1.54, 1.807) is 0 Å². The number of hydrogen-bond acceptors (Lipinski definition) is 4. The van der Waals surface area contributed by atoms with Gasteiger partial charge in [0.25, 0.3) is 0 Å². The van der Waals surface area contributed by atoms with Crippen molar-refractivity contribution in [3.63, 3.8) is 0 Å². The maximum atomic E-state index is 6.43. The van der Waals surface area contributed by atoms with Crippen LogP contribution in [-0.2, 0) is 16.2 Å². The van der Waals surface area contributed by atoms with Crippen molar-refractivity contribution in [2.75, 3.05) is 0 Å². The molecule has 0 aliphatic rings. The largest absolute Gasteiger partial charge is 0.439 e. The Morgan fingerprint density at radius 2 is 1.29 bits per heavy atom. The lowest BCUT2D eigenvalue weighted by Crippen LogP contribution is -2.16. The number of nitrogens with zero attached hydrogens (tertiary/aromatic N) is 4. The van der Waals surface area contributed by atoms with E-state index in [2.05, 4.69) is 145 Å². The van der Waals surface area contributed by atoms with Crippen LogP contribution in [0, 0.1) is 0 Å². The minimum absolute atomic E-state index is 0.00264. The van der Waals surface area contributed by atoms with Crippen molar-refractivity contribution >= 4 is 21.8 Å². The number of hydrogen-bond donors (Lipinski definition) is 1. The first kappa shape index (κ1) is 32.3. The highest BCUT2D eigenvalue weighted by molar-refractivity contribution is 6.09. The van der Waals surface area contributed by atoms with Crippen molar-refractivity contribution < 1.29 is 4.74 Å². The second-order valence-corrected chi connectivity index (χ2v) is 16.1. The number of benzene rings is 3. The third-order valence-corrected chi connectivity index (χ3v) is 9.25. The second-order valence-electron chi connectivity index (χ2n) is 16.1. The lowest BCUT2D eigenvalue weighted by molar-refractivity contribution is 0.464. The summed E-state index contributed by atoms with van der Waals surface area (Å²) >= 11 is 0. The van der Waals surface area contributed by atoms with Gasteiger partial charge in [-0.2, -0.15) is 5.10 Å². The smallest absolute Gasteiger partial charge is 0.219 e. The predicted octanol–water partition coefficient (Wildman–Crippen LogP) is 11.3. The minimum Gasteiger partial charge on any atom is -0.439 e. The van der Waals surface area contributed by atoms with Gasteiger partial charge in [-0.05, 0) is 87.5 Å². The Hall–Kier alpha value is -5.23. The van der Waals surface area contributed by atoms with Crippen LogP contribution in [0.3, 0.4) is 0 Å². The number of para-hydroxylation sites is 1. The van der Waals surface area contributed by atoms with Gasteiger partial charge in [0.05, 0.1) is 28.1 Å². The van der Waals surface area contributed by atoms with Crippen molar-refractivity contribution in [2.45, 2.75) is 78.6 Å². The summed E-state index contributed by atoms with van der Waals surface area (Å²) in [6.07, 6.45) is 1.90. The number of pyridine rings is 2. The van der Waals surface area contributed by atoms with E-state index in [9.17, 15) is 0 Å². The van der Waals surface area contributed by atoms with Gasteiger partial charge in [0.15, 0.2) is 0 Å².